The fourth-order valence-corrected chi connectivity index (χ4v) is 2.27. The van der Waals surface area contributed by atoms with Gasteiger partial charge in [0.2, 0.25) is 0 Å². The van der Waals surface area contributed by atoms with E-state index in [1.54, 1.807) is 50.2 Å². The van der Waals surface area contributed by atoms with Gasteiger partial charge < -0.3 is 9.47 Å². The van der Waals surface area contributed by atoms with Gasteiger partial charge >= 0.3 is 5.97 Å². The molecule has 0 aromatic heterocycles. The number of ether oxygens (including phenoxy) is 2. The Morgan fingerprint density at radius 3 is 2.24 bits per heavy atom. The number of benzene rings is 2. The molecule has 132 valence electrons. The van der Waals surface area contributed by atoms with Gasteiger partial charge in [0.15, 0.2) is 18.0 Å². The topological polar surface area (TPSA) is 52.6 Å². The molecule has 4 nitrogen and oxygen atoms in total. The summed E-state index contributed by atoms with van der Waals surface area (Å²) in [5.41, 5.74) is 1.42. The van der Waals surface area contributed by atoms with Crippen molar-refractivity contribution in [2.75, 3.05) is 6.61 Å². The van der Waals surface area contributed by atoms with Crippen molar-refractivity contribution in [3.8, 4) is 5.75 Å². The average molecular weight is 361 g/mol. The first-order chi connectivity index (χ1) is 11.7. The number of carbonyl (C=O) groups excluding carboxylic acids is 2. The molecule has 0 saturated heterocycles. The van der Waals surface area contributed by atoms with Crippen LogP contribution in [0.15, 0.2) is 42.5 Å². The molecular weight excluding hydrogens is 340 g/mol. The molecule has 0 aliphatic carbocycles. The number of hydrogen-bond acceptors (Lipinski definition) is 4. The molecule has 0 aliphatic heterocycles. The predicted octanol–water partition coefficient (Wildman–Crippen LogP) is 4.54. The maximum absolute atomic E-state index is 12.3. The number of esters is 1. The maximum Gasteiger partial charge on any atom is 0.350 e. The van der Waals surface area contributed by atoms with Crippen molar-refractivity contribution in [1.82, 2.24) is 0 Å². The standard InChI is InChI=1S/C20H21ClO4/c1-13-5-6-15(11-14(13)2)18(22)12-24-19(23)20(3,4)25-17-9-7-16(21)8-10-17/h5-11H,12H2,1-4H3. The summed E-state index contributed by atoms with van der Waals surface area (Å²) < 4.78 is 10.8. The lowest BCUT2D eigenvalue weighted by molar-refractivity contribution is -0.158. The summed E-state index contributed by atoms with van der Waals surface area (Å²) in [6, 6.07) is 12.1. The summed E-state index contributed by atoms with van der Waals surface area (Å²) in [6.45, 7) is 6.76. The third-order valence-corrected chi connectivity index (χ3v) is 4.09. The van der Waals surface area contributed by atoms with Crippen LogP contribution in [0.3, 0.4) is 0 Å². The van der Waals surface area contributed by atoms with E-state index in [4.69, 9.17) is 21.1 Å². The van der Waals surface area contributed by atoms with Gasteiger partial charge in [-0.3, -0.25) is 4.79 Å². The van der Waals surface area contributed by atoms with Gasteiger partial charge in [0.1, 0.15) is 5.75 Å². The summed E-state index contributed by atoms with van der Waals surface area (Å²) in [4.78, 5) is 24.5. The smallest absolute Gasteiger partial charge is 0.350 e. The Morgan fingerprint density at radius 1 is 1.00 bits per heavy atom. The number of halogens is 1. The fourth-order valence-electron chi connectivity index (χ4n) is 2.14. The zero-order valence-corrected chi connectivity index (χ0v) is 15.5. The highest BCUT2D eigenvalue weighted by atomic mass is 35.5. The van der Waals surface area contributed by atoms with E-state index in [-0.39, 0.29) is 12.4 Å². The molecule has 0 bridgehead atoms. The third kappa shape index (κ3) is 5.07. The lowest BCUT2D eigenvalue weighted by Gasteiger charge is -2.24. The summed E-state index contributed by atoms with van der Waals surface area (Å²) in [5, 5.41) is 0.576. The molecule has 0 amide bonds. The van der Waals surface area contributed by atoms with E-state index in [1.165, 1.54) is 0 Å². The van der Waals surface area contributed by atoms with Gasteiger partial charge in [-0.2, -0.15) is 0 Å². The van der Waals surface area contributed by atoms with Crippen LogP contribution >= 0.6 is 11.6 Å². The van der Waals surface area contributed by atoms with Crippen LogP contribution in [0.5, 0.6) is 5.75 Å². The molecule has 0 saturated carbocycles. The lowest BCUT2D eigenvalue weighted by atomic mass is 10.0. The zero-order valence-electron chi connectivity index (χ0n) is 14.8. The Hall–Kier alpha value is -2.33. The van der Waals surface area contributed by atoms with E-state index in [0.29, 0.717) is 16.3 Å². The van der Waals surface area contributed by atoms with E-state index in [1.807, 2.05) is 19.9 Å². The summed E-state index contributed by atoms with van der Waals surface area (Å²) in [6.07, 6.45) is 0. The summed E-state index contributed by atoms with van der Waals surface area (Å²) in [5.74, 6) is -0.370. The predicted molar refractivity (Wildman–Crippen MR) is 97.4 cm³/mol. The zero-order chi connectivity index (χ0) is 18.6. The first-order valence-corrected chi connectivity index (χ1v) is 8.29. The Labute approximate surface area is 152 Å². The third-order valence-electron chi connectivity index (χ3n) is 3.84. The van der Waals surface area contributed by atoms with Crippen molar-refractivity contribution in [3.63, 3.8) is 0 Å². The Bertz CT molecular complexity index is 779. The molecule has 0 radical (unpaired) electrons. The largest absolute Gasteiger partial charge is 0.476 e. The molecule has 2 rings (SSSR count). The number of carbonyl (C=O) groups is 2. The fraction of sp³-hybridized carbons (Fsp3) is 0.300. The van der Waals surface area contributed by atoms with Gasteiger partial charge in [-0.05, 0) is 69.2 Å². The van der Waals surface area contributed by atoms with Crippen molar-refractivity contribution >= 4 is 23.4 Å². The number of Topliss-reactive ketones (excluding diaryl/α,β-unsaturated/α-hetero) is 1. The lowest BCUT2D eigenvalue weighted by Crippen LogP contribution is -2.40. The van der Waals surface area contributed by atoms with Crippen LogP contribution in [0.1, 0.15) is 35.3 Å². The quantitative estimate of drug-likeness (QED) is 0.560. The van der Waals surface area contributed by atoms with E-state index in [9.17, 15) is 9.59 Å². The molecule has 0 heterocycles. The van der Waals surface area contributed by atoms with Gasteiger partial charge in [0, 0.05) is 10.6 Å². The number of hydrogen-bond donors (Lipinski definition) is 0. The molecule has 0 unspecified atom stereocenters. The minimum absolute atomic E-state index is 0.251. The van der Waals surface area contributed by atoms with Crippen LogP contribution in [0.25, 0.3) is 0 Å². The minimum atomic E-state index is -1.22. The molecule has 0 atom stereocenters. The highest BCUT2D eigenvalue weighted by Gasteiger charge is 2.32. The van der Waals surface area contributed by atoms with Crippen molar-refractivity contribution in [2.45, 2.75) is 33.3 Å². The van der Waals surface area contributed by atoms with E-state index < -0.39 is 11.6 Å². The van der Waals surface area contributed by atoms with Crippen LogP contribution < -0.4 is 4.74 Å². The first kappa shape index (κ1) is 19.0. The minimum Gasteiger partial charge on any atom is -0.476 e. The van der Waals surface area contributed by atoms with Gasteiger partial charge in [-0.1, -0.05) is 23.7 Å². The Balaban J connectivity index is 1.96. The summed E-state index contributed by atoms with van der Waals surface area (Å²) >= 11 is 5.82. The van der Waals surface area contributed by atoms with Crippen LogP contribution in [0.2, 0.25) is 5.02 Å². The molecule has 5 heteroatoms. The molecular formula is C20H21ClO4. The average Bonchev–Trinajstić information content (AvgIpc) is 2.56. The molecule has 2 aromatic rings. The van der Waals surface area contributed by atoms with Gasteiger partial charge in [0.25, 0.3) is 0 Å². The monoisotopic (exact) mass is 360 g/mol. The second-order valence-electron chi connectivity index (χ2n) is 6.36. The number of ketones is 1. The van der Waals surface area contributed by atoms with Crippen molar-refractivity contribution in [2.24, 2.45) is 0 Å². The maximum atomic E-state index is 12.3. The van der Waals surface area contributed by atoms with Gasteiger partial charge in [0.05, 0.1) is 0 Å². The number of aryl methyl sites for hydroxylation is 2. The van der Waals surface area contributed by atoms with Gasteiger partial charge in [-0.15, -0.1) is 0 Å². The van der Waals surface area contributed by atoms with Crippen LogP contribution in [0.4, 0.5) is 0 Å². The first-order valence-electron chi connectivity index (χ1n) is 7.91. The molecule has 0 fully saturated rings. The van der Waals surface area contributed by atoms with Gasteiger partial charge in [-0.25, -0.2) is 4.79 Å². The molecule has 0 spiro atoms. The van der Waals surface area contributed by atoms with Crippen molar-refractivity contribution < 1.29 is 19.1 Å². The highest BCUT2D eigenvalue weighted by molar-refractivity contribution is 6.30. The molecule has 0 N–H and O–H groups in total. The highest BCUT2D eigenvalue weighted by Crippen LogP contribution is 2.22. The van der Waals surface area contributed by atoms with E-state index in [2.05, 4.69) is 0 Å². The van der Waals surface area contributed by atoms with Crippen molar-refractivity contribution in [3.05, 3.63) is 64.2 Å². The summed E-state index contributed by atoms with van der Waals surface area (Å²) in [7, 11) is 0. The number of rotatable bonds is 6. The van der Waals surface area contributed by atoms with E-state index >= 15 is 0 Å². The van der Waals surface area contributed by atoms with Crippen molar-refractivity contribution in [1.29, 1.82) is 0 Å². The normalized spacial score (nSPS) is 11.1. The van der Waals surface area contributed by atoms with Crippen LogP contribution in [-0.4, -0.2) is 24.0 Å². The van der Waals surface area contributed by atoms with Crippen LogP contribution in [-0.2, 0) is 9.53 Å². The Morgan fingerprint density at radius 2 is 1.64 bits per heavy atom. The second kappa shape index (κ2) is 7.70. The molecule has 2 aromatic carbocycles. The Kier molecular flexibility index (Phi) is 5.85. The molecule has 25 heavy (non-hydrogen) atoms. The molecule has 0 aliphatic rings. The SMILES string of the molecule is Cc1ccc(C(=O)COC(=O)C(C)(C)Oc2ccc(Cl)cc2)cc1C. The van der Waals surface area contributed by atoms with E-state index in [0.717, 1.165) is 11.1 Å². The second-order valence-corrected chi connectivity index (χ2v) is 6.80. The van der Waals surface area contributed by atoms with Crippen LogP contribution in [0, 0.1) is 13.8 Å².